The van der Waals surface area contributed by atoms with Gasteiger partial charge in [0.05, 0.1) is 6.10 Å². The van der Waals surface area contributed by atoms with Gasteiger partial charge in [-0.05, 0) is 13.0 Å². The van der Waals surface area contributed by atoms with E-state index in [0.29, 0.717) is 11.3 Å². The Kier molecular flexibility index (Phi) is 3.29. The molecule has 0 aliphatic rings. The highest BCUT2D eigenvalue weighted by atomic mass is 16.3. The summed E-state index contributed by atoms with van der Waals surface area (Å²) in [6, 6.07) is 6.93. The summed E-state index contributed by atoms with van der Waals surface area (Å²) in [6.45, 7) is 1.61. The molecule has 0 bridgehead atoms. The number of hydrogen-bond donors (Lipinski definition) is 4. The largest absolute Gasteiger partial charge is 0.389 e. The van der Waals surface area contributed by atoms with E-state index in [1.54, 1.807) is 31.2 Å². The monoisotopic (exact) mass is 247 g/mol. The molecule has 6 nitrogen and oxygen atoms in total. The Morgan fingerprint density at radius 2 is 2.11 bits per heavy atom. The smallest absolute Gasteiger partial charge is 0.323 e. The Balaban J connectivity index is 2.24. The number of carbonyl (C=O) groups is 1. The third-order valence-electron chi connectivity index (χ3n) is 2.50. The predicted molar refractivity (Wildman–Crippen MR) is 66.4 cm³/mol. The summed E-state index contributed by atoms with van der Waals surface area (Å²) < 4.78 is 0. The number of para-hydroxylation sites is 1. The van der Waals surface area contributed by atoms with Crippen LogP contribution in [0.3, 0.4) is 0 Å². The van der Waals surface area contributed by atoms with Gasteiger partial charge in [0.25, 0.3) is 5.91 Å². The second-order valence-electron chi connectivity index (χ2n) is 3.87. The Labute approximate surface area is 103 Å². The van der Waals surface area contributed by atoms with Crippen LogP contribution < -0.4 is 11.0 Å². The molecule has 1 aromatic carbocycles. The molecule has 0 radical (unpaired) electrons. The van der Waals surface area contributed by atoms with Crippen LogP contribution in [0.25, 0.3) is 0 Å². The number of anilines is 1. The van der Waals surface area contributed by atoms with Crippen LogP contribution in [-0.2, 0) is 0 Å². The molecular weight excluding hydrogens is 234 g/mol. The van der Waals surface area contributed by atoms with E-state index in [1.165, 1.54) is 6.20 Å². The van der Waals surface area contributed by atoms with Crippen molar-refractivity contribution in [2.24, 2.45) is 0 Å². The molecule has 6 heteroatoms. The zero-order chi connectivity index (χ0) is 13.1. The lowest BCUT2D eigenvalue weighted by molar-refractivity contribution is 0.102. The minimum Gasteiger partial charge on any atom is -0.389 e. The van der Waals surface area contributed by atoms with Crippen LogP contribution in [-0.4, -0.2) is 21.0 Å². The molecule has 18 heavy (non-hydrogen) atoms. The molecule has 1 unspecified atom stereocenters. The number of aliphatic hydroxyl groups excluding tert-OH is 1. The Morgan fingerprint density at radius 3 is 2.72 bits per heavy atom. The number of aromatic nitrogens is 2. The molecule has 1 amide bonds. The van der Waals surface area contributed by atoms with Crippen molar-refractivity contribution in [1.82, 2.24) is 9.97 Å². The van der Waals surface area contributed by atoms with Crippen LogP contribution in [0.1, 0.15) is 29.1 Å². The van der Waals surface area contributed by atoms with E-state index >= 15 is 0 Å². The van der Waals surface area contributed by atoms with Gasteiger partial charge in [-0.25, -0.2) is 4.79 Å². The van der Waals surface area contributed by atoms with E-state index in [9.17, 15) is 14.7 Å². The summed E-state index contributed by atoms with van der Waals surface area (Å²) in [4.78, 5) is 27.4. The summed E-state index contributed by atoms with van der Waals surface area (Å²) in [5.74, 6) is -0.443. The minimum atomic E-state index is -0.688. The van der Waals surface area contributed by atoms with E-state index in [1.807, 2.05) is 0 Å². The number of aliphatic hydroxyl groups is 1. The number of nitrogens with one attached hydrogen (secondary N) is 3. The van der Waals surface area contributed by atoms with Crippen molar-refractivity contribution in [3.05, 3.63) is 52.2 Å². The van der Waals surface area contributed by atoms with Crippen molar-refractivity contribution in [2.75, 3.05) is 5.32 Å². The van der Waals surface area contributed by atoms with E-state index in [2.05, 4.69) is 15.3 Å². The molecule has 0 saturated heterocycles. The third kappa shape index (κ3) is 2.49. The van der Waals surface area contributed by atoms with Gasteiger partial charge in [0, 0.05) is 17.4 Å². The fraction of sp³-hybridized carbons (Fsp3) is 0.167. The average Bonchev–Trinajstić information content (AvgIpc) is 2.76. The Morgan fingerprint density at radius 1 is 1.39 bits per heavy atom. The van der Waals surface area contributed by atoms with E-state index in [4.69, 9.17) is 0 Å². The van der Waals surface area contributed by atoms with Gasteiger partial charge in [-0.15, -0.1) is 0 Å². The van der Waals surface area contributed by atoms with Gasteiger partial charge >= 0.3 is 5.69 Å². The summed E-state index contributed by atoms with van der Waals surface area (Å²) in [7, 11) is 0. The van der Waals surface area contributed by atoms with Gasteiger partial charge in [-0.2, -0.15) is 0 Å². The average molecular weight is 247 g/mol. The lowest BCUT2D eigenvalue weighted by Crippen LogP contribution is -2.15. The SMILES string of the molecule is CC(O)c1ccccc1NC(=O)c1c[nH]c(=O)[nH]1. The molecule has 1 heterocycles. The van der Waals surface area contributed by atoms with Crippen molar-refractivity contribution in [3.8, 4) is 0 Å². The molecule has 4 N–H and O–H groups in total. The number of H-pyrrole nitrogens is 2. The molecule has 0 aliphatic carbocycles. The fourth-order valence-corrected chi connectivity index (χ4v) is 1.62. The second-order valence-corrected chi connectivity index (χ2v) is 3.87. The topological polar surface area (TPSA) is 98.0 Å². The molecule has 0 saturated carbocycles. The first-order valence-corrected chi connectivity index (χ1v) is 5.44. The Hall–Kier alpha value is -2.34. The summed E-state index contributed by atoms with van der Waals surface area (Å²) in [6.07, 6.45) is 0.606. The van der Waals surface area contributed by atoms with Gasteiger partial charge in [-0.1, -0.05) is 18.2 Å². The first kappa shape index (κ1) is 12.1. The van der Waals surface area contributed by atoms with Gasteiger partial charge in [0.15, 0.2) is 0 Å². The van der Waals surface area contributed by atoms with Gasteiger partial charge in [0.1, 0.15) is 5.69 Å². The van der Waals surface area contributed by atoms with Crippen molar-refractivity contribution >= 4 is 11.6 Å². The number of aromatic amines is 2. The number of hydrogen-bond acceptors (Lipinski definition) is 3. The zero-order valence-corrected chi connectivity index (χ0v) is 9.73. The number of amides is 1. The fourth-order valence-electron chi connectivity index (χ4n) is 1.62. The molecule has 2 aromatic rings. The standard InChI is InChI=1S/C12H13N3O3/c1-7(16)8-4-2-3-5-9(8)14-11(17)10-6-13-12(18)15-10/h2-7,16H,1H3,(H,14,17)(H2,13,15,18). The normalized spacial score (nSPS) is 12.1. The second kappa shape index (κ2) is 4.89. The maximum Gasteiger partial charge on any atom is 0.323 e. The maximum atomic E-state index is 11.8. The van der Waals surface area contributed by atoms with Crippen LogP contribution in [0.5, 0.6) is 0 Å². The molecule has 1 aromatic heterocycles. The van der Waals surface area contributed by atoms with Gasteiger partial charge in [0.2, 0.25) is 0 Å². The molecule has 1 atom stereocenters. The van der Waals surface area contributed by atoms with Crippen LogP contribution in [0.4, 0.5) is 5.69 Å². The van der Waals surface area contributed by atoms with Gasteiger partial charge in [-0.3, -0.25) is 4.79 Å². The highest BCUT2D eigenvalue weighted by Gasteiger charge is 2.12. The molecule has 0 spiro atoms. The predicted octanol–water partition coefficient (Wildman–Crippen LogP) is 1.01. The molecular formula is C12H13N3O3. The van der Waals surface area contributed by atoms with Crippen molar-refractivity contribution in [2.45, 2.75) is 13.0 Å². The van der Waals surface area contributed by atoms with Gasteiger partial charge < -0.3 is 20.4 Å². The van der Waals surface area contributed by atoms with E-state index < -0.39 is 17.7 Å². The number of rotatable bonds is 3. The zero-order valence-electron chi connectivity index (χ0n) is 9.73. The lowest BCUT2D eigenvalue weighted by Gasteiger charge is -2.12. The van der Waals surface area contributed by atoms with E-state index in [0.717, 1.165) is 0 Å². The number of imidazole rings is 1. The molecule has 2 rings (SSSR count). The van der Waals surface area contributed by atoms with Crippen LogP contribution >= 0.6 is 0 Å². The maximum absolute atomic E-state index is 11.8. The third-order valence-corrected chi connectivity index (χ3v) is 2.50. The van der Waals surface area contributed by atoms with Crippen molar-refractivity contribution in [3.63, 3.8) is 0 Å². The summed E-state index contributed by atoms with van der Waals surface area (Å²) >= 11 is 0. The first-order valence-electron chi connectivity index (χ1n) is 5.44. The highest BCUT2D eigenvalue weighted by Crippen LogP contribution is 2.22. The summed E-state index contributed by atoms with van der Waals surface area (Å²) in [5, 5.41) is 12.2. The van der Waals surface area contributed by atoms with Crippen molar-refractivity contribution in [1.29, 1.82) is 0 Å². The van der Waals surface area contributed by atoms with E-state index in [-0.39, 0.29) is 5.69 Å². The van der Waals surface area contributed by atoms with Crippen molar-refractivity contribution < 1.29 is 9.90 Å². The van der Waals surface area contributed by atoms with Crippen LogP contribution in [0.2, 0.25) is 0 Å². The lowest BCUT2D eigenvalue weighted by atomic mass is 10.1. The number of carbonyl (C=O) groups excluding carboxylic acids is 1. The van der Waals surface area contributed by atoms with Crippen LogP contribution in [0, 0.1) is 0 Å². The Bertz CT molecular complexity index is 613. The quantitative estimate of drug-likeness (QED) is 0.651. The number of benzene rings is 1. The van der Waals surface area contributed by atoms with Crippen LogP contribution in [0.15, 0.2) is 35.3 Å². The molecule has 0 fully saturated rings. The first-order chi connectivity index (χ1) is 8.58. The summed E-state index contributed by atoms with van der Waals surface area (Å²) in [5.41, 5.74) is 0.827. The highest BCUT2D eigenvalue weighted by molar-refractivity contribution is 6.03. The minimum absolute atomic E-state index is 0.139. The molecule has 94 valence electrons. The molecule has 0 aliphatic heterocycles.